The van der Waals surface area contributed by atoms with Gasteiger partial charge in [-0.1, -0.05) is 42.5 Å². The molecule has 118 valence electrons. The Hall–Kier alpha value is -2.50. The van der Waals surface area contributed by atoms with E-state index < -0.39 is 0 Å². The van der Waals surface area contributed by atoms with E-state index in [0.717, 1.165) is 21.8 Å². The maximum atomic E-state index is 12.2. The van der Waals surface area contributed by atoms with E-state index >= 15 is 0 Å². The first-order valence-electron chi connectivity index (χ1n) is 7.54. The van der Waals surface area contributed by atoms with Crippen molar-refractivity contribution in [3.63, 3.8) is 0 Å². The zero-order valence-electron chi connectivity index (χ0n) is 12.9. The lowest BCUT2D eigenvalue weighted by Gasteiger charge is -2.01. The lowest BCUT2D eigenvalue weighted by atomic mass is 10.1. The highest BCUT2D eigenvalue weighted by molar-refractivity contribution is 7.71. The molecule has 1 aliphatic rings. The van der Waals surface area contributed by atoms with Crippen LogP contribution in [0.25, 0.3) is 22.2 Å². The normalized spacial score (nSPS) is 14.7. The third-order valence-corrected chi connectivity index (χ3v) is 5.29. The van der Waals surface area contributed by atoms with Crippen LogP contribution >= 0.6 is 23.6 Å². The fourth-order valence-electron chi connectivity index (χ4n) is 2.82. The third-order valence-electron chi connectivity index (χ3n) is 3.91. The van der Waals surface area contributed by atoms with Crippen molar-refractivity contribution in [1.82, 2.24) is 10.3 Å². The van der Waals surface area contributed by atoms with E-state index in [1.807, 2.05) is 37.3 Å². The van der Waals surface area contributed by atoms with Gasteiger partial charge in [-0.2, -0.15) is 0 Å². The zero-order valence-corrected chi connectivity index (χ0v) is 14.6. The molecule has 24 heavy (non-hydrogen) atoms. The number of nitrogens with one attached hydrogen (secondary N) is 2. The Bertz CT molecular complexity index is 1030. The number of carbonyl (C=O) groups excluding carboxylic acids is 1. The molecule has 0 fully saturated rings. The zero-order chi connectivity index (χ0) is 16.7. The molecule has 5 heteroatoms. The number of aryl methyl sites for hydroxylation is 1. The van der Waals surface area contributed by atoms with Crippen LogP contribution in [-0.2, 0) is 0 Å². The molecule has 2 N–H and O–H groups in total. The van der Waals surface area contributed by atoms with Gasteiger partial charge in [0.25, 0.3) is 5.91 Å². The molecule has 0 spiro atoms. The predicted octanol–water partition coefficient (Wildman–Crippen LogP) is 5.02. The number of H-pyrrole nitrogens is 1. The Kier molecular flexibility index (Phi) is 3.67. The van der Waals surface area contributed by atoms with E-state index in [-0.39, 0.29) is 5.91 Å². The average molecular weight is 350 g/mol. The molecular weight excluding hydrogens is 336 g/mol. The second kappa shape index (κ2) is 5.85. The summed E-state index contributed by atoms with van der Waals surface area (Å²) >= 11 is 6.98. The van der Waals surface area contributed by atoms with Crippen molar-refractivity contribution in [2.45, 2.75) is 6.92 Å². The highest BCUT2D eigenvalue weighted by atomic mass is 32.1. The molecule has 3 heterocycles. The number of amides is 1. The van der Waals surface area contributed by atoms with Crippen LogP contribution in [0.4, 0.5) is 0 Å². The Balaban J connectivity index is 1.76. The predicted molar refractivity (Wildman–Crippen MR) is 101 cm³/mol. The van der Waals surface area contributed by atoms with Gasteiger partial charge in [-0.3, -0.25) is 4.79 Å². The quantitative estimate of drug-likeness (QED) is 0.637. The Labute approximate surface area is 148 Å². The van der Waals surface area contributed by atoms with Crippen LogP contribution in [0.3, 0.4) is 0 Å². The molecule has 1 aromatic carbocycles. The summed E-state index contributed by atoms with van der Waals surface area (Å²) in [4.78, 5) is 17.5. The number of carbonyl (C=O) groups is 1. The van der Waals surface area contributed by atoms with Crippen LogP contribution in [0.2, 0.25) is 0 Å². The molecule has 1 aliphatic heterocycles. The van der Waals surface area contributed by atoms with Crippen molar-refractivity contribution in [1.29, 1.82) is 0 Å². The Morgan fingerprint density at radius 2 is 1.92 bits per heavy atom. The fraction of sp³-hybridized carbons (Fsp3) is 0.0526. The minimum absolute atomic E-state index is 0.141. The molecule has 3 nitrogen and oxygen atoms in total. The van der Waals surface area contributed by atoms with Crippen molar-refractivity contribution in [3.8, 4) is 10.4 Å². The maximum absolute atomic E-state index is 12.2. The molecule has 0 aliphatic carbocycles. The van der Waals surface area contributed by atoms with Crippen molar-refractivity contribution >= 4 is 41.2 Å². The van der Waals surface area contributed by atoms with Crippen LogP contribution in [-0.4, -0.2) is 10.9 Å². The summed E-state index contributed by atoms with van der Waals surface area (Å²) in [5, 5.41) is 2.93. The largest absolute Gasteiger partial charge is 0.350 e. The summed E-state index contributed by atoms with van der Waals surface area (Å²) in [7, 11) is 0. The molecule has 0 atom stereocenters. The van der Waals surface area contributed by atoms with Crippen molar-refractivity contribution < 1.29 is 4.79 Å². The van der Waals surface area contributed by atoms with Crippen LogP contribution in [0, 0.1) is 11.6 Å². The van der Waals surface area contributed by atoms with Crippen LogP contribution in [0.15, 0.2) is 48.5 Å². The SMILES string of the molecule is Cc1cc2c(c(=S)[nH]1)C(=O)N/C2=C\c1ccc(-c2ccccc2)s1. The average Bonchev–Trinajstić information content (AvgIpc) is 3.14. The van der Waals surface area contributed by atoms with Gasteiger partial charge in [0.05, 0.1) is 11.3 Å². The number of aromatic nitrogens is 1. The monoisotopic (exact) mass is 350 g/mol. The lowest BCUT2D eigenvalue weighted by molar-refractivity contribution is 0.0980. The standard InChI is InChI=1S/C19H14N2OS2/c1-11-9-14-15(21-18(22)17(14)19(23)20-11)10-13-7-8-16(24-13)12-5-3-2-4-6-12/h2-10H,1H3,(H,20,23)(H,21,22)/b15-10-. The summed E-state index contributed by atoms with van der Waals surface area (Å²) < 4.78 is 0.488. The number of fused-ring (bicyclic) bond motifs is 1. The Morgan fingerprint density at radius 3 is 2.71 bits per heavy atom. The van der Waals surface area contributed by atoms with E-state index in [0.29, 0.717) is 10.2 Å². The minimum atomic E-state index is -0.141. The van der Waals surface area contributed by atoms with Gasteiger partial charge in [0.15, 0.2) is 0 Å². The van der Waals surface area contributed by atoms with Gasteiger partial charge in [0.1, 0.15) is 4.64 Å². The minimum Gasteiger partial charge on any atom is -0.350 e. The van der Waals surface area contributed by atoms with E-state index in [1.54, 1.807) is 11.3 Å². The number of hydrogen-bond donors (Lipinski definition) is 2. The fourth-order valence-corrected chi connectivity index (χ4v) is 4.14. The first-order valence-corrected chi connectivity index (χ1v) is 8.77. The number of aromatic amines is 1. The van der Waals surface area contributed by atoms with Crippen LogP contribution < -0.4 is 5.32 Å². The van der Waals surface area contributed by atoms with Gasteiger partial charge in [-0.05, 0) is 36.8 Å². The van der Waals surface area contributed by atoms with E-state index in [4.69, 9.17) is 12.2 Å². The number of thiophene rings is 1. The molecule has 0 saturated carbocycles. The van der Waals surface area contributed by atoms with Crippen molar-refractivity contribution in [2.24, 2.45) is 0 Å². The number of pyridine rings is 1. The molecule has 0 bridgehead atoms. The Morgan fingerprint density at radius 1 is 1.12 bits per heavy atom. The van der Waals surface area contributed by atoms with Gasteiger partial charge < -0.3 is 10.3 Å². The summed E-state index contributed by atoms with van der Waals surface area (Å²) in [5.41, 5.74) is 4.37. The van der Waals surface area contributed by atoms with Gasteiger partial charge in [-0.15, -0.1) is 11.3 Å². The maximum Gasteiger partial charge on any atom is 0.259 e. The summed E-state index contributed by atoms with van der Waals surface area (Å²) in [6, 6.07) is 16.4. The molecule has 0 saturated heterocycles. The molecule has 4 rings (SSSR count). The lowest BCUT2D eigenvalue weighted by Crippen LogP contribution is -2.12. The second-order valence-corrected chi connectivity index (χ2v) is 7.17. The third kappa shape index (κ3) is 2.62. The summed E-state index contributed by atoms with van der Waals surface area (Å²) in [6.45, 7) is 1.94. The van der Waals surface area contributed by atoms with E-state index in [2.05, 4.69) is 34.6 Å². The van der Waals surface area contributed by atoms with Crippen LogP contribution in [0.1, 0.15) is 26.5 Å². The molecular formula is C19H14N2OS2. The first-order chi connectivity index (χ1) is 11.6. The van der Waals surface area contributed by atoms with Gasteiger partial charge in [0, 0.05) is 21.0 Å². The molecule has 1 amide bonds. The molecule has 2 aromatic heterocycles. The van der Waals surface area contributed by atoms with Gasteiger partial charge in [0.2, 0.25) is 0 Å². The second-order valence-electron chi connectivity index (χ2n) is 5.65. The van der Waals surface area contributed by atoms with Gasteiger partial charge >= 0.3 is 0 Å². The van der Waals surface area contributed by atoms with Gasteiger partial charge in [-0.25, -0.2) is 0 Å². The molecule has 0 radical (unpaired) electrons. The topological polar surface area (TPSA) is 44.9 Å². The number of benzene rings is 1. The highest BCUT2D eigenvalue weighted by Crippen LogP contribution is 2.32. The van der Waals surface area contributed by atoms with E-state index in [9.17, 15) is 4.79 Å². The molecule has 3 aromatic rings. The number of hydrogen-bond acceptors (Lipinski definition) is 3. The summed E-state index contributed by atoms with van der Waals surface area (Å²) in [5.74, 6) is -0.141. The van der Waals surface area contributed by atoms with E-state index in [1.165, 1.54) is 10.4 Å². The smallest absolute Gasteiger partial charge is 0.259 e. The van der Waals surface area contributed by atoms with Crippen molar-refractivity contribution in [2.75, 3.05) is 0 Å². The molecule has 0 unspecified atom stereocenters. The first kappa shape index (κ1) is 15.1. The number of rotatable bonds is 2. The van der Waals surface area contributed by atoms with Crippen LogP contribution in [0.5, 0.6) is 0 Å². The highest BCUT2D eigenvalue weighted by Gasteiger charge is 2.25. The van der Waals surface area contributed by atoms with Crippen molar-refractivity contribution in [3.05, 3.63) is 74.9 Å². The summed E-state index contributed by atoms with van der Waals surface area (Å²) in [6.07, 6.45) is 2.01.